The van der Waals surface area contributed by atoms with Crippen LogP contribution >= 0.6 is 0 Å². The average molecular weight is 319 g/mol. The van der Waals surface area contributed by atoms with E-state index in [2.05, 4.69) is 10.3 Å². The first-order chi connectivity index (χ1) is 11.0. The van der Waals surface area contributed by atoms with Crippen LogP contribution in [-0.2, 0) is 6.61 Å². The Balaban J connectivity index is 2.23. The Kier molecular flexibility index (Phi) is 3.87. The molecule has 1 aromatic heterocycles. The number of benzene rings is 2. The van der Waals surface area contributed by atoms with E-state index in [1.807, 2.05) is 0 Å². The second kappa shape index (κ2) is 5.85. The monoisotopic (exact) mass is 319 g/mol. The predicted octanol–water partition coefficient (Wildman–Crippen LogP) is 3.15. The van der Waals surface area contributed by atoms with Gasteiger partial charge in [0.25, 0.3) is 0 Å². The molecule has 1 N–H and O–H groups in total. The number of hydrogen-bond acceptors (Lipinski definition) is 3. The maximum Gasteiger partial charge on any atom is 0.128 e. The number of aryl methyl sites for hydroxylation is 1. The summed E-state index contributed by atoms with van der Waals surface area (Å²) < 4.78 is 42.0. The molecule has 0 spiro atoms. The molecule has 23 heavy (non-hydrogen) atoms. The molecule has 2 aromatic carbocycles. The zero-order valence-corrected chi connectivity index (χ0v) is 12.1. The molecular formula is C16H12F3N3O. The van der Waals surface area contributed by atoms with Crippen molar-refractivity contribution in [3.05, 3.63) is 65.1 Å². The Bertz CT molecular complexity index is 857. The van der Waals surface area contributed by atoms with Gasteiger partial charge in [0.05, 0.1) is 12.3 Å². The summed E-state index contributed by atoms with van der Waals surface area (Å²) in [4.78, 5) is 0. The van der Waals surface area contributed by atoms with Crippen molar-refractivity contribution in [1.29, 1.82) is 0 Å². The molecule has 0 fully saturated rings. The summed E-state index contributed by atoms with van der Waals surface area (Å²) in [5.41, 5.74) is 1.28. The van der Waals surface area contributed by atoms with Gasteiger partial charge in [-0.15, -0.1) is 5.10 Å². The Labute approximate surface area is 129 Å². The summed E-state index contributed by atoms with van der Waals surface area (Å²) in [6.07, 6.45) is 0. The van der Waals surface area contributed by atoms with Crippen LogP contribution in [0.1, 0.15) is 11.3 Å². The lowest BCUT2D eigenvalue weighted by molar-refractivity contribution is 0.277. The van der Waals surface area contributed by atoms with E-state index >= 15 is 0 Å². The van der Waals surface area contributed by atoms with Crippen LogP contribution in [0.4, 0.5) is 13.2 Å². The molecule has 0 atom stereocenters. The van der Waals surface area contributed by atoms with Crippen molar-refractivity contribution in [3.63, 3.8) is 0 Å². The van der Waals surface area contributed by atoms with Crippen LogP contribution in [0.25, 0.3) is 16.9 Å². The first-order valence-electron chi connectivity index (χ1n) is 6.78. The van der Waals surface area contributed by atoms with Crippen molar-refractivity contribution in [1.82, 2.24) is 15.0 Å². The summed E-state index contributed by atoms with van der Waals surface area (Å²) in [6.45, 7) is 1.14. The molecule has 0 aliphatic carbocycles. The number of aromatic nitrogens is 3. The fourth-order valence-electron chi connectivity index (χ4n) is 2.29. The van der Waals surface area contributed by atoms with Gasteiger partial charge in [-0.05, 0) is 36.8 Å². The molecule has 0 bridgehead atoms. The van der Waals surface area contributed by atoms with Crippen LogP contribution in [0.5, 0.6) is 0 Å². The van der Waals surface area contributed by atoms with Crippen LogP contribution in [0.2, 0.25) is 0 Å². The smallest absolute Gasteiger partial charge is 0.128 e. The van der Waals surface area contributed by atoms with E-state index in [1.165, 1.54) is 10.7 Å². The summed E-state index contributed by atoms with van der Waals surface area (Å²) in [6, 6.07) is 7.34. The van der Waals surface area contributed by atoms with E-state index in [-0.39, 0.29) is 17.0 Å². The van der Waals surface area contributed by atoms with E-state index in [4.69, 9.17) is 0 Å². The summed E-state index contributed by atoms with van der Waals surface area (Å²) in [5, 5.41) is 17.1. The number of aliphatic hydroxyl groups excluding tert-OH is 1. The highest BCUT2D eigenvalue weighted by Crippen LogP contribution is 2.27. The average Bonchev–Trinajstić information content (AvgIpc) is 2.93. The lowest BCUT2D eigenvalue weighted by Crippen LogP contribution is -2.02. The van der Waals surface area contributed by atoms with Gasteiger partial charge in [-0.3, -0.25) is 0 Å². The predicted molar refractivity (Wildman–Crippen MR) is 77.3 cm³/mol. The highest BCUT2D eigenvalue weighted by atomic mass is 19.1. The molecule has 0 amide bonds. The summed E-state index contributed by atoms with van der Waals surface area (Å²) in [7, 11) is 0. The number of hydrogen-bond donors (Lipinski definition) is 1. The fourth-order valence-corrected chi connectivity index (χ4v) is 2.29. The molecule has 1 heterocycles. The Morgan fingerprint density at radius 3 is 2.35 bits per heavy atom. The van der Waals surface area contributed by atoms with Crippen LogP contribution in [-0.4, -0.2) is 20.1 Å². The van der Waals surface area contributed by atoms with Crippen molar-refractivity contribution < 1.29 is 18.3 Å². The maximum atomic E-state index is 13.8. The number of halogens is 3. The molecule has 0 radical (unpaired) electrons. The number of aliphatic hydroxyl groups is 1. The minimum absolute atomic E-state index is 0.135. The van der Waals surface area contributed by atoms with Gasteiger partial charge in [0.15, 0.2) is 0 Å². The second-order valence-electron chi connectivity index (χ2n) is 5.05. The van der Waals surface area contributed by atoms with Gasteiger partial charge in [-0.1, -0.05) is 11.3 Å². The van der Waals surface area contributed by atoms with Crippen LogP contribution < -0.4 is 0 Å². The molecule has 7 heteroatoms. The van der Waals surface area contributed by atoms with Gasteiger partial charge >= 0.3 is 0 Å². The normalized spacial score (nSPS) is 11.0. The van der Waals surface area contributed by atoms with Crippen molar-refractivity contribution in [2.24, 2.45) is 0 Å². The molecule has 0 saturated heterocycles. The van der Waals surface area contributed by atoms with Gasteiger partial charge in [0, 0.05) is 11.6 Å². The highest BCUT2D eigenvalue weighted by molar-refractivity contribution is 5.64. The van der Waals surface area contributed by atoms with Gasteiger partial charge in [0.1, 0.15) is 28.8 Å². The quantitative estimate of drug-likeness (QED) is 0.807. The van der Waals surface area contributed by atoms with Gasteiger partial charge in [-0.25, -0.2) is 17.9 Å². The molecule has 0 aliphatic heterocycles. The SMILES string of the molecule is Cc1ccc(-n2nnc(CO)c2-c2cc(F)cc(F)c2)cc1F. The lowest BCUT2D eigenvalue weighted by Gasteiger charge is -2.09. The molecule has 0 unspecified atom stereocenters. The Morgan fingerprint density at radius 2 is 1.74 bits per heavy atom. The molecule has 3 aromatic rings. The van der Waals surface area contributed by atoms with Crippen molar-refractivity contribution in [2.45, 2.75) is 13.5 Å². The van der Waals surface area contributed by atoms with Crippen LogP contribution in [0.15, 0.2) is 36.4 Å². The number of rotatable bonds is 3. The van der Waals surface area contributed by atoms with Crippen LogP contribution in [0, 0.1) is 24.4 Å². The Morgan fingerprint density at radius 1 is 1.04 bits per heavy atom. The third kappa shape index (κ3) is 2.83. The van der Waals surface area contributed by atoms with Crippen molar-refractivity contribution in [3.8, 4) is 16.9 Å². The largest absolute Gasteiger partial charge is 0.390 e. The first-order valence-corrected chi connectivity index (χ1v) is 6.78. The van der Waals surface area contributed by atoms with E-state index in [9.17, 15) is 18.3 Å². The minimum atomic E-state index is -0.772. The van der Waals surface area contributed by atoms with Gasteiger partial charge in [0.2, 0.25) is 0 Å². The van der Waals surface area contributed by atoms with E-state index in [0.717, 1.165) is 18.2 Å². The third-order valence-electron chi connectivity index (χ3n) is 3.43. The standard InChI is InChI=1S/C16H12F3N3O/c1-9-2-3-13(7-14(9)19)22-16(15(8-23)20-21-22)10-4-11(17)6-12(18)5-10/h2-7,23H,8H2,1H3. The molecule has 0 saturated carbocycles. The zero-order valence-electron chi connectivity index (χ0n) is 12.1. The second-order valence-corrected chi connectivity index (χ2v) is 5.05. The fraction of sp³-hybridized carbons (Fsp3) is 0.125. The van der Waals surface area contributed by atoms with E-state index < -0.39 is 24.1 Å². The van der Waals surface area contributed by atoms with Crippen molar-refractivity contribution in [2.75, 3.05) is 0 Å². The lowest BCUT2D eigenvalue weighted by atomic mass is 10.1. The van der Waals surface area contributed by atoms with Crippen LogP contribution in [0.3, 0.4) is 0 Å². The highest BCUT2D eigenvalue weighted by Gasteiger charge is 2.18. The topological polar surface area (TPSA) is 50.9 Å². The molecule has 0 aliphatic rings. The van der Waals surface area contributed by atoms with Gasteiger partial charge in [-0.2, -0.15) is 0 Å². The maximum absolute atomic E-state index is 13.8. The van der Waals surface area contributed by atoms with E-state index in [1.54, 1.807) is 19.1 Å². The minimum Gasteiger partial charge on any atom is -0.390 e. The van der Waals surface area contributed by atoms with E-state index in [0.29, 0.717) is 11.3 Å². The molecular weight excluding hydrogens is 307 g/mol. The summed E-state index contributed by atoms with van der Waals surface area (Å²) >= 11 is 0. The zero-order chi connectivity index (χ0) is 16.6. The molecule has 4 nitrogen and oxygen atoms in total. The van der Waals surface area contributed by atoms with Gasteiger partial charge < -0.3 is 5.11 Å². The third-order valence-corrected chi connectivity index (χ3v) is 3.43. The number of nitrogens with zero attached hydrogens (tertiary/aromatic N) is 3. The molecule has 3 rings (SSSR count). The Hall–Kier alpha value is -2.67. The first kappa shape index (κ1) is 15.2. The summed E-state index contributed by atoms with van der Waals surface area (Å²) in [5.74, 6) is -1.99. The van der Waals surface area contributed by atoms with Crippen molar-refractivity contribution >= 4 is 0 Å². The molecule has 118 valence electrons.